The molecule has 0 atom stereocenters. The molecule has 2 heterocycles. The number of rotatable bonds is 3. The van der Waals surface area contributed by atoms with E-state index in [2.05, 4.69) is 9.80 Å². The third-order valence-electron chi connectivity index (χ3n) is 4.91. The van der Waals surface area contributed by atoms with Crippen LogP contribution in [0, 0.1) is 0 Å². The van der Waals surface area contributed by atoms with Gasteiger partial charge in [0.25, 0.3) is 0 Å². The summed E-state index contributed by atoms with van der Waals surface area (Å²) in [6.07, 6.45) is 4.80. The number of amides is 1. The fourth-order valence-corrected chi connectivity index (χ4v) is 3.49. The van der Waals surface area contributed by atoms with Crippen molar-refractivity contribution in [2.75, 3.05) is 50.7 Å². The summed E-state index contributed by atoms with van der Waals surface area (Å²) in [5, 5.41) is 9.95. The van der Waals surface area contributed by atoms with Gasteiger partial charge in [-0.2, -0.15) is 0 Å². The number of benzene rings is 1. The maximum absolute atomic E-state index is 12.5. The number of hydrogen-bond donors (Lipinski definition) is 1. The van der Waals surface area contributed by atoms with Crippen LogP contribution in [0.5, 0.6) is 5.75 Å². The first-order valence-corrected chi connectivity index (χ1v) is 8.77. The number of phenolic OH excluding ortho intramolecular Hbond substituents is 1. The molecule has 5 nitrogen and oxygen atoms in total. The fraction of sp³-hybridized carbons (Fsp3) is 0.611. The number of carbonyl (C=O) groups excluding carboxylic acids is 1. The molecule has 0 aromatic heterocycles. The molecule has 0 spiro atoms. The minimum Gasteiger partial charge on any atom is -0.506 e. The van der Waals surface area contributed by atoms with Crippen LogP contribution in [0.25, 0.3) is 0 Å². The van der Waals surface area contributed by atoms with Crippen LogP contribution >= 0.6 is 0 Å². The van der Waals surface area contributed by atoms with Crippen molar-refractivity contribution >= 4 is 11.6 Å². The van der Waals surface area contributed by atoms with Gasteiger partial charge >= 0.3 is 0 Å². The predicted molar refractivity (Wildman–Crippen MR) is 91.8 cm³/mol. The van der Waals surface area contributed by atoms with Crippen molar-refractivity contribution in [2.24, 2.45) is 0 Å². The Morgan fingerprint density at radius 3 is 2.22 bits per heavy atom. The molecular formula is C18H27N3O2. The summed E-state index contributed by atoms with van der Waals surface area (Å²) in [4.78, 5) is 18.9. The summed E-state index contributed by atoms with van der Waals surface area (Å²) >= 11 is 0. The van der Waals surface area contributed by atoms with Crippen molar-refractivity contribution < 1.29 is 9.90 Å². The minimum atomic E-state index is 0.280. The number of hydrogen-bond acceptors (Lipinski definition) is 4. The number of piperazine rings is 1. The lowest BCUT2D eigenvalue weighted by Crippen LogP contribution is -2.50. The fourth-order valence-electron chi connectivity index (χ4n) is 3.49. The topological polar surface area (TPSA) is 47.0 Å². The van der Waals surface area contributed by atoms with Gasteiger partial charge in [-0.3, -0.25) is 9.69 Å². The molecule has 2 aliphatic heterocycles. The molecule has 126 valence electrons. The second-order valence-electron chi connectivity index (χ2n) is 6.55. The van der Waals surface area contributed by atoms with Crippen molar-refractivity contribution in [2.45, 2.75) is 25.7 Å². The number of anilines is 1. The Balaban J connectivity index is 1.49. The number of phenols is 1. The summed E-state index contributed by atoms with van der Waals surface area (Å²) in [6.45, 7) is 5.83. The molecule has 2 saturated heterocycles. The molecule has 2 aliphatic rings. The van der Waals surface area contributed by atoms with Gasteiger partial charge in [0.15, 0.2) is 0 Å². The summed E-state index contributed by atoms with van der Waals surface area (Å²) < 4.78 is 0. The summed E-state index contributed by atoms with van der Waals surface area (Å²) in [7, 11) is 0. The van der Waals surface area contributed by atoms with E-state index in [1.807, 2.05) is 23.1 Å². The van der Waals surface area contributed by atoms with Gasteiger partial charge in [-0.15, -0.1) is 0 Å². The lowest BCUT2D eigenvalue weighted by molar-refractivity contribution is -0.132. The highest BCUT2D eigenvalue weighted by atomic mass is 16.3. The van der Waals surface area contributed by atoms with E-state index in [1.54, 1.807) is 6.07 Å². The monoisotopic (exact) mass is 317 g/mol. The lowest BCUT2D eigenvalue weighted by Gasteiger charge is -2.36. The number of nitrogens with zero attached hydrogens (tertiary/aromatic N) is 3. The van der Waals surface area contributed by atoms with E-state index in [-0.39, 0.29) is 5.91 Å². The quantitative estimate of drug-likeness (QED) is 0.925. The van der Waals surface area contributed by atoms with Crippen molar-refractivity contribution in [1.82, 2.24) is 9.80 Å². The Hall–Kier alpha value is -1.75. The largest absolute Gasteiger partial charge is 0.506 e. The highest BCUT2D eigenvalue weighted by Gasteiger charge is 2.23. The van der Waals surface area contributed by atoms with E-state index in [0.29, 0.717) is 12.3 Å². The Morgan fingerprint density at radius 2 is 1.57 bits per heavy atom. The van der Waals surface area contributed by atoms with E-state index in [1.165, 1.54) is 12.8 Å². The van der Waals surface area contributed by atoms with Gasteiger partial charge in [0.2, 0.25) is 5.91 Å². The van der Waals surface area contributed by atoms with Gasteiger partial charge in [-0.25, -0.2) is 0 Å². The molecule has 0 bridgehead atoms. The van der Waals surface area contributed by atoms with Crippen molar-refractivity contribution in [3.63, 3.8) is 0 Å². The standard InChI is InChI=1S/C18H27N3O2/c22-17-8-4-3-7-16(17)20-13-11-19(12-14-20)15-18(23)21-9-5-1-2-6-10-21/h3-4,7-8,22H,1-2,5-6,9-15H2. The molecule has 0 unspecified atom stereocenters. The highest BCUT2D eigenvalue weighted by Crippen LogP contribution is 2.27. The van der Waals surface area contributed by atoms with Crippen LogP contribution in [0.3, 0.4) is 0 Å². The SMILES string of the molecule is O=C(CN1CCN(c2ccccc2O)CC1)N1CCCCCC1. The second-order valence-corrected chi connectivity index (χ2v) is 6.55. The average molecular weight is 317 g/mol. The Kier molecular flexibility index (Phi) is 5.39. The molecule has 3 rings (SSSR count). The number of likely N-dealkylation sites (tertiary alicyclic amines) is 1. The summed E-state index contributed by atoms with van der Waals surface area (Å²) in [6, 6.07) is 7.47. The van der Waals surface area contributed by atoms with Crippen LogP contribution in [0.2, 0.25) is 0 Å². The van der Waals surface area contributed by atoms with Crippen molar-refractivity contribution in [3.8, 4) is 5.75 Å². The molecule has 2 fully saturated rings. The maximum Gasteiger partial charge on any atom is 0.236 e. The number of para-hydroxylation sites is 2. The van der Waals surface area contributed by atoms with Gasteiger partial charge < -0.3 is 14.9 Å². The first kappa shape index (κ1) is 16.1. The molecule has 1 aromatic carbocycles. The van der Waals surface area contributed by atoms with Gasteiger partial charge in [0.1, 0.15) is 5.75 Å². The van der Waals surface area contributed by atoms with E-state index in [0.717, 1.165) is 57.8 Å². The summed E-state index contributed by atoms with van der Waals surface area (Å²) in [5.41, 5.74) is 0.894. The highest BCUT2D eigenvalue weighted by molar-refractivity contribution is 5.78. The molecule has 0 aliphatic carbocycles. The summed E-state index contributed by atoms with van der Waals surface area (Å²) in [5.74, 6) is 0.615. The second kappa shape index (κ2) is 7.68. The van der Waals surface area contributed by atoms with Crippen LogP contribution in [-0.2, 0) is 4.79 Å². The maximum atomic E-state index is 12.5. The molecular weight excluding hydrogens is 290 g/mol. The number of aromatic hydroxyl groups is 1. The molecule has 1 N–H and O–H groups in total. The van der Waals surface area contributed by atoms with Crippen LogP contribution in [-0.4, -0.2) is 66.6 Å². The third kappa shape index (κ3) is 4.16. The zero-order chi connectivity index (χ0) is 16.1. The van der Waals surface area contributed by atoms with Crippen molar-refractivity contribution in [1.29, 1.82) is 0 Å². The Morgan fingerprint density at radius 1 is 0.913 bits per heavy atom. The predicted octanol–water partition coefficient (Wildman–Crippen LogP) is 1.92. The molecule has 1 amide bonds. The van der Waals surface area contributed by atoms with Gasteiger partial charge in [-0.05, 0) is 25.0 Å². The molecule has 0 radical (unpaired) electrons. The van der Waals surface area contributed by atoms with E-state index < -0.39 is 0 Å². The smallest absolute Gasteiger partial charge is 0.236 e. The van der Waals surface area contributed by atoms with E-state index in [9.17, 15) is 9.90 Å². The molecule has 5 heteroatoms. The molecule has 23 heavy (non-hydrogen) atoms. The normalized spacial score (nSPS) is 20.3. The lowest BCUT2D eigenvalue weighted by atomic mass is 10.2. The van der Waals surface area contributed by atoms with Crippen LogP contribution in [0.1, 0.15) is 25.7 Å². The minimum absolute atomic E-state index is 0.280. The van der Waals surface area contributed by atoms with E-state index >= 15 is 0 Å². The third-order valence-corrected chi connectivity index (χ3v) is 4.91. The molecule has 0 saturated carbocycles. The van der Waals surface area contributed by atoms with Crippen molar-refractivity contribution in [3.05, 3.63) is 24.3 Å². The van der Waals surface area contributed by atoms with Crippen LogP contribution < -0.4 is 4.90 Å². The molecule has 1 aromatic rings. The average Bonchev–Trinajstić information content (AvgIpc) is 2.86. The first-order chi connectivity index (χ1) is 11.2. The zero-order valence-electron chi connectivity index (χ0n) is 13.8. The van der Waals surface area contributed by atoms with Crippen LogP contribution in [0.4, 0.5) is 5.69 Å². The van der Waals surface area contributed by atoms with E-state index in [4.69, 9.17) is 0 Å². The zero-order valence-corrected chi connectivity index (χ0v) is 13.8. The van der Waals surface area contributed by atoms with Gasteiger partial charge in [-0.1, -0.05) is 25.0 Å². The number of carbonyl (C=O) groups is 1. The Bertz CT molecular complexity index is 519. The van der Waals surface area contributed by atoms with Gasteiger partial charge in [0.05, 0.1) is 12.2 Å². The first-order valence-electron chi connectivity index (χ1n) is 8.77. The Labute approximate surface area is 138 Å². The van der Waals surface area contributed by atoms with Gasteiger partial charge in [0, 0.05) is 39.3 Å². The van der Waals surface area contributed by atoms with Crippen LogP contribution in [0.15, 0.2) is 24.3 Å².